The predicted molar refractivity (Wildman–Crippen MR) is 124 cm³/mol. The molecular weight excluding hydrogens is 418 g/mol. The molecule has 0 saturated carbocycles. The SMILES string of the molecule is Cn1cc(-c2cccc(C[C@H](NC(=O)c3cc(C(C)(C)C)nn3C)C(=O)NCC#N)c2)cn1. The maximum atomic E-state index is 13.0. The highest BCUT2D eigenvalue weighted by atomic mass is 16.2. The summed E-state index contributed by atoms with van der Waals surface area (Å²) in [4.78, 5) is 25.8. The summed E-state index contributed by atoms with van der Waals surface area (Å²) in [6.07, 6.45) is 3.95. The van der Waals surface area contributed by atoms with Crippen molar-refractivity contribution in [1.29, 1.82) is 5.26 Å². The van der Waals surface area contributed by atoms with E-state index in [1.54, 1.807) is 24.0 Å². The van der Waals surface area contributed by atoms with E-state index >= 15 is 0 Å². The van der Waals surface area contributed by atoms with Crippen LogP contribution in [0.15, 0.2) is 42.7 Å². The molecule has 0 spiro atoms. The molecule has 172 valence electrons. The first-order chi connectivity index (χ1) is 15.6. The summed E-state index contributed by atoms with van der Waals surface area (Å²) in [5.74, 6) is -0.823. The lowest BCUT2D eigenvalue weighted by Crippen LogP contribution is -2.48. The van der Waals surface area contributed by atoms with E-state index in [-0.39, 0.29) is 18.4 Å². The molecule has 1 atom stereocenters. The number of hydrogen-bond donors (Lipinski definition) is 2. The molecule has 2 N–H and O–H groups in total. The van der Waals surface area contributed by atoms with Gasteiger partial charge in [-0.05, 0) is 17.2 Å². The highest BCUT2D eigenvalue weighted by molar-refractivity contribution is 5.96. The average molecular weight is 448 g/mol. The molecule has 0 bridgehead atoms. The number of aryl methyl sites for hydroxylation is 2. The van der Waals surface area contributed by atoms with Crippen LogP contribution in [0.4, 0.5) is 0 Å². The molecule has 9 nitrogen and oxygen atoms in total. The fourth-order valence-electron chi connectivity index (χ4n) is 3.42. The quantitative estimate of drug-likeness (QED) is 0.538. The Labute approximate surface area is 193 Å². The van der Waals surface area contributed by atoms with E-state index in [0.717, 1.165) is 22.4 Å². The third kappa shape index (κ3) is 5.86. The average Bonchev–Trinajstić information content (AvgIpc) is 3.37. The Morgan fingerprint density at radius 2 is 1.94 bits per heavy atom. The Kier molecular flexibility index (Phi) is 6.97. The molecule has 3 aromatic rings. The van der Waals surface area contributed by atoms with E-state index in [0.29, 0.717) is 5.69 Å². The lowest BCUT2D eigenvalue weighted by atomic mass is 9.92. The largest absolute Gasteiger partial charge is 0.341 e. The number of nitrogens with zero attached hydrogens (tertiary/aromatic N) is 5. The van der Waals surface area contributed by atoms with E-state index < -0.39 is 17.9 Å². The van der Waals surface area contributed by atoms with Gasteiger partial charge in [0.05, 0.1) is 18.0 Å². The van der Waals surface area contributed by atoms with Gasteiger partial charge in [-0.1, -0.05) is 45.0 Å². The molecular formula is C24H29N7O2. The zero-order valence-electron chi connectivity index (χ0n) is 19.6. The molecule has 0 saturated heterocycles. The Balaban J connectivity index is 1.84. The highest BCUT2D eigenvalue weighted by Gasteiger charge is 2.26. The third-order valence-electron chi connectivity index (χ3n) is 5.25. The third-order valence-corrected chi connectivity index (χ3v) is 5.25. The van der Waals surface area contributed by atoms with Crippen LogP contribution in [0.1, 0.15) is 42.5 Å². The number of rotatable bonds is 7. The number of carbonyl (C=O) groups is 2. The fourth-order valence-corrected chi connectivity index (χ4v) is 3.42. The van der Waals surface area contributed by atoms with Crippen molar-refractivity contribution in [2.24, 2.45) is 14.1 Å². The Morgan fingerprint density at radius 3 is 2.55 bits per heavy atom. The van der Waals surface area contributed by atoms with Crippen LogP contribution in [0.5, 0.6) is 0 Å². The van der Waals surface area contributed by atoms with Crippen LogP contribution in [0.2, 0.25) is 0 Å². The molecule has 0 radical (unpaired) electrons. The number of nitrogens with one attached hydrogen (secondary N) is 2. The van der Waals surface area contributed by atoms with E-state index in [1.807, 2.05) is 64.4 Å². The molecule has 2 amide bonds. The zero-order chi connectivity index (χ0) is 24.2. The molecule has 1 aromatic carbocycles. The standard InChI is InChI=1S/C24H29N7O2/c1-24(2,3)21-13-20(31(5)29-21)23(33)28-19(22(32)26-10-9-25)12-16-7-6-8-17(11-16)18-14-27-30(4)15-18/h6-8,11,13-15,19H,10,12H2,1-5H3,(H,26,32)(H,28,33)/t19-/m0/s1. The fraction of sp³-hybridized carbons (Fsp3) is 0.375. The summed E-state index contributed by atoms with van der Waals surface area (Å²) in [5, 5.41) is 22.9. The molecule has 2 heterocycles. The van der Waals surface area contributed by atoms with Crippen molar-refractivity contribution in [3.63, 3.8) is 0 Å². The number of benzene rings is 1. The normalized spacial score (nSPS) is 12.1. The molecule has 33 heavy (non-hydrogen) atoms. The maximum absolute atomic E-state index is 13.0. The summed E-state index contributed by atoms with van der Waals surface area (Å²) in [5.41, 5.74) is 3.72. The highest BCUT2D eigenvalue weighted by Crippen LogP contribution is 2.22. The maximum Gasteiger partial charge on any atom is 0.270 e. The van der Waals surface area contributed by atoms with Gasteiger partial charge in [-0.25, -0.2) is 0 Å². The lowest BCUT2D eigenvalue weighted by Gasteiger charge is -2.18. The molecule has 0 unspecified atom stereocenters. The zero-order valence-corrected chi connectivity index (χ0v) is 19.6. The van der Waals surface area contributed by atoms with Crippen molar-refractivity contribution in [3.05, 3.63) is 59.7 Å². The van der Waals surface area contributed by atoms with Crippen LogP contribution in [-0.2, 0) is 30.7 Å². The Bertz CT molecular complexity index is 1190. The van der Waals surface area contributed by atoms with Gasteiger partial charge >= 0.3 is 0 Å². The van der Waals surface area contributed by atoms with Crippen molar-refractivity contribution in [2.45, 2.75) is 38.6 Å². The molecule has 0 fully saturated rings. The topological polar surface area (TPSA) is 118 Å². The van der Waals surface area contributed by atoms with E-state index in [2.05, 4.69) is 20.8 Å². The second-order valence-electron chi connectivity index (χ2n) is 9.00. The molecule has 0 aliphatic heterocycles. The van der Waals surface area contributed by atoms with Crippen LogP contribution in [0.25, 0.3) is 11.1 Å². The van der Waals surface area contributed by atoms with E-state index in [4.69, 9.17) is 5.26 Å². The van der Waals surface area contributed by atoms with Crippen molar-refractivity contribution < 1.29 is 9.59 Å². The van der Waals surface area contributed by atoms with Crippen LogP contribution >= 0.6 is 0 Å². The lowest BCUT2D eigenvalue weighted by molar-refractivity contribution is -0.122. The van der Waals surface area contributed by atoms with Gasteiger partial charge in [0.1, 0.15) is 18.3 Å². The molecule has 9 heteroatoms. The number of hydrogen-bond acceptors (Lipinski definition) is 5. The number of amides is 2. The predicted octanol–water partition coefficient (Wildman–Crippen LogP) is 2.10. The van der Waals surface area contributed by atoms with Gasteiger partial charge < -0.3 is 10.6 Å². The van der Waals surface area contributed by atoms with E-state index in [9.17, 15) is 9.59 Å². The minimum atomic E-state index is -0.858. The van der Waals surface area contributed by atoms with Crippen LogP contribution in [0, 0.1) is 11.3 Å². The molecule has 0 aliphatic carbocycles. The van der Waals surface area contributed by atoms with Gasteiger partial charge in [0, 0.05) is 37.7 Å². The van der Waals surface area contributed by atoms with Crippen LogP contribution < -0.4 is 10.6 Å². The van der Waals surface area contributed by atoms with Crippen molar-refractivity contribution in [3.8, 4) is 17.2 Å². The van der Waals surface area contributed by atoms with Gasteiger partial charge in [-0.15, -0.1) is 0 Å². The number of nitriles is 1. The molecule has 0 aliphatic rings. The number of carbonyl (C=O) groups excluding carboxylic acids is 2. The minimum Gasteiger partial charge on any atom is -0.341 e. The minimum absolute atomic E-state index is 0.138. The second-order valence-corrected chi connectivity index (χ2v) is 9.00. The summed E-state index contributed by atoms with van der Waals surface area (Å²) in [7, 11) is 3.55. The first-order valence-electron chi connectivity index (χ1n) is 10.7. The number of aromatic nitrogens is 4. The monoisotopic (exact) mass is 447 g/mol. The second kappa shape index (κ2) is 9.69. The van der Waals surface area contributed by atoms with Crippen molar-refractivity contribution in [2.75, 3.05) is 6.54 Å². The first-order valence-corrected chi connectivity index (χ1v) is 10.7. The van der Waals surface area contributed by atoms with Gasteiger partial charge in [-0.3, -0.25) is 19.0 Å². The van der Waals surface area contributed by atoms with Crippen LogP contribution in [0.3, 0.4) is 0 Å². The van der Waals surface area contributed by atoms with Gasteiger partial charge in [-0.2, -0.15) is 15.5 Å². The summed E-state index contributed by atoms with van der Waals surface area (Å²) in [6, 6.07) is 10.5. The molecule has 2 aromatic heterocycles. The summed E-state index contributed by atoms with van der Waals surface area (Å²) in [6.45, 7) is 5.92. The Morgan fingerprint density at radius 1 is 1.18 bits per heavy atom. The smallest absolute Gasteiger partial charge is 0.270 e. The van der Waals surface area contributed by atoms with Gasteiger partial charge in [0.15, 0.2) is 0 Å². The van der Waals surface area contributed by atoms with Gasteiger partial charge in [0.2, 0.25) is 5.91 Å². The van der Waals surface area contributed by atoms with Crippen molar-refractivity contribution in [1.82, 2.24) is 30.2 Å². The van der Waals surface area contributed by atoms with E-state index in [1.165, 1.54) is 4.68 Å². The van der Waals surface area contributed by atoms with Crippen molar-refractivity contribution >= 4 is 11.8 Å². The Hall–Kier alpha value is -3.93. The summed E-state index contributed by atoms with van der Waals surface area (Å²) < 4.78 is 3.24. The van der Waals surface area contributed by atoms with Gasteiger partial charge in [0.25, 0.3) is 5.91 Å². The first kappa shape index (κ1) is 23.7. The molecule has 3 rings (SSSR count). The van der Waals surface area contributed by atoms with Crippen LogP contribution in [-0.4, -0.2) is 44.0 Å². The summed E-state index contributed by atoms with van der Waals surface area (Å²) >= 11 is 0.